The molecule has 2 amide bonds. The van der Waals surface area contributed by atoms with Crippen LogP contribution < -0.4 is 10.9 Å². The Morgan fingerprint density at radius 1 is 1.05 bits per heavy atom. The van der Waals surface area contributed by atoms with E-state index in [-0.39, 0.29) is 17.0 Å². The molecule has 22 heavy (non-hydrogen) atoms. The van der Waals surface area contributed by atoms with E-state index in [0.717, 1.165) is 11.3 Å². The van der Waals surface area contributed by atoms with Gasteiger partial charge in [-0.15, -0.1) is 0 Å². The number of hydrogen-bond donors (Lipinski definition) is 3. The molecule has 0 bridgehead atoms. The van der Waals surface area contributed by atoms with E-state index < -0.39 is 5.91 Å². The number of rotatable bonds is 2. The van der Waals surface area contributed by atoms with Gasteiger partial charge in [-0.3, -0.25) is 25.5 Å². The maximum atomic E-state index is 12.0. The van der Waals surface area contributed by atoms with Gasteiger partial charge in [-0.1, -0.05) is 32.9 Å². The second-order valence-corrected chi connectivity index (χ2v) is 6.17. The van der Waals surface area contributed by atoms with Crippen molar-refractivity contribution in [2.75, 3.05) is 0 Å². The molecule has 0 fully saturated rings. The van der Waals surface area contributed by atoms with E-state index in [2.05, 4.69) is 41.8 Å². The molecular formula is C16H20N4O2. The molecule has 1 heterocycles. The molecule has 0 saturated heterocycles. The second kappa shape index (κ2) is 6.01. The molecule has 6 nitrogen and oxygen atoms in total. The van der Waals surface area contributed by atoms with Gasteiger partial charge in [0.25, 0.3) is 11.8 Å². The number of amides is 2. The quantitative estimate of drug-likeness (QED) is 0.742. The summed E-state index contributed by atoms with van der Waals surface area (Å²) in [6.45, 7) is 8.11. The van der Waals surface area contributed by atoms with E-state index in [1.807, 2.05) is 12.1 Å². The number of nitrogens with one attached hydrogen (secondary N) is 3. The first kappa shape index (κ1) is 15.8. The minimum Gasteiger partial charge on any atom is -0.282 e. The number of carbonyl (C=O) groups is 2. The minimum atomic E-state index is -0.469. The Morgan fingerprint density at radius 2 is 1.64 bits per heavy atom. The van der Waals surface area contributed by atoms with Crippen molar-refractivity contribution in [2.45, 2.75) is 33.1 Å². The summed E-state index contributed by atoms with van der Waals surface area (Å²) in [6.07, 6.45) is 0. The molecule has 116 valence electrons. The van der Waals surface area contributed by atoms with Crippen molar-refractivity contribution in [2.24, 2.45) is 0 Å². The Bertz CT molecular complexity index is 681. The van der Waals surface area contributed by atoms with E-state index in [4.69, 9.17) is 0 Å². The monoisotopic (exact) mass is 300 g/mol. The standard InChI is InChI=1S/C16H20N4O2/c1-10-9-13(18-17-10)15(22)20-19-14(21)11-5-7-12(8-6-11)16(2,3)4/h5-9H,1-4H3,(H,17,18)(H,19,21)(H,20,22). The molecular weight excluding hydrogens is 280 g/mol. The molecule has 0 aliphatic carbocycles. The highest BCUT2D eigenvalue weighted by molar-refractivity contribution is 5.98. The molecule has 0 atom stereocenters. The molecule has 2 rings (SSSR count). The average molecular weight is 300 g/mol. The molecule has 3 N–H and O–H groups in total. The SMILES string of the molecule is Cc1cc(C(=O)NNC(=O)c2ccc(C(C)(C)C)cc2)n[nH]1. The Balaban J connectivity index is 1.96. The number of benzene rings is 1. The van der Waals surface area contributed by atoms with Crippen molar-refractivity contribution in [1.29, 1.82) is 0 Å². The highest BCUT2D eigenvalue weighted by atomic mass is 16.2. The number of hydrogen-bond acceptors (Lipinski definition) is 3. The summed E-state index contributed by atoms with van der Waals surface area (Å²) < 4.78 is 0. The first-order chi connectivity index (χ1) is 10.3. The van der Waals surface area contributed by atoms with Gasteiger partial charge >= 0.3 is 0 Å². The zero-order valence-electron chi connectivity index (χ0n) is 13.2. The van der Waals surface area contributed by atoms with E-state index in [1.54, 1.807) is 25.1 Å². The lowest BCUT2D eigenvalue weighted by Gasteiger charge is -2.19. The van der Waals surface area contributed by atoms with Crippen LogP contribution in [0.2, 0.25) is 0 Å². The van der Waals surface area contributed by atoms with Gasteiger partial charge in [-0.2, -0.15) is 5.10 Å². The number of H-pyrrole nitrogens is 1. The van der Waals surface area contributed by atoms with Crippen LogP contribution in [0.25, 0.3) is 0 Å². The molecule has 0 saturated carbocycles. The van der Waals surface area contributed by atoms with Crippen molar-refractivity contribution in [3.8, 4) is 0 Å². The summed E-state index contributed by atoms with van der Waals surface area (Å²) >= 11 is 0. The maximum absolute atomic E-state index is 12.0. The predicted molar refractivity (Wildman–Crippen MR) is 83.4 cm³/mol. The van der Waals surface area contributed by atoms with Crippen LogP contribution in [0.5, 0.6) is 0 Å². The third kappa shape index (κ3) is 3.72. The molecule has 1 aromatic heterocycles. The highest BCUT2D eigenvalue weighted by Crippen LogP contribution is 2.22. The summed E-state index contributed by atoms with van der Waals surface area (Å²) in [5, 5.41) is 6.48. The molecule has 2 aromatic rings. The average Bonchev–Trinajstić information content (AvgIpc) is 2.90. The molecule has 0 aliphatic rings. The van der Waals surface area contributed by atoms with Crippen LogP contribution in [0.1, 0.15) is 52.9 Å². The number of hydrazine groups is 1. The van der Waals surface area contributed by atoms with Crippen molar-refractivity contribution in [1.82, 2.24) is 21.0 Å². The van der Waals surface area contributed by atoms with Gasteiger partial charge in [-0.05, 0) is 36.1 Å². The lowest BCUT2D eigenvalue weighted by atomic mass is 9.87. The molecule has 6 heteroatoms. The largest absolute Gasteiger partial charge is 0.290 e. The van der Waals surface area contributed by atoms with Crippen LogP contribution in [0, 0.1) is 6.92 Å². The van der Waals surface area contributed by atoms with Gasteiger partial charge in [0.15, 0.2) is 5.69 Å². The first-order valence-corrected chi connectivity index (χ1v) is 7.00. The maximum Gasteiger partial charge on any atom is 0.290 e. The Hall–Kier alpha value is -2.63. The van der Waals surface area contributed by atoms with Crippen LogP contribution in [-0.4, -0.2) is 22.0 Å². The summed E-state index contributed by atoms with van der Waals surface area (Å²) in [7, 11) is 0. The zero-order valence-corrected chi connectivity index (χ0v) is 13.2. The highest BCUT2D eigenvalue weighted by Gasteiger charge is 2.15. The van der Waals surface area contributed by atoms with Crippen molar-refractivity contribution < 1.29 is 9.59 Å². The Labute approximate surface area is 129 Å². The van der Waals surface area contributed by atoms with Crippen LogP contribution in [-0.2, 0) is 5.41 Å². The molecule has 0 radical (unpaired) electrons. The first-order valence-electron chi connectivity index (χ1n) is 7.00. The minimum absolute atomic E-state index is 0.0288. The smallest absolute Gasteiger partial charge is 0.282 e. The summed E-state index contributed by atoms with van der Waals surface area (Å²) in [4.78, 5) is 23.8. The summed E-state index contributed by atoms with van der Waals surface area (Å²) in [5.74, 6) is -0.843. The van der Waals surface area contributed by atoms with E-state index >= 15 is 0 Å². The van der Waals surface area contributed by atoms with Gasteiger partial charge in [0.05, 0.1) is 0 Å². The van der Waals surface area contributed by atoms with Crippen molar-refractivity contribution >= 4 is 11.8 Å². The van der Waals surface area contributed by atoms with Crippen molar-refractivity contribution in [3.05, 3.63) is 52.8 Å². The lowest BCUT2D eigenvalue weighted by Crippen LogP contribution is -2.41. The third-order valence-electron chi connectivity index (χ3n) is 3.24. The molecule has 1 aromatic carbocycles. The Kier molecular flexibility index (Phi) is 4.30. The summed E-state index contributed by atoms with van der Waals surface area (Å²) in [6, 6.07) is 8.89. The van der Waals surface area contributed by atoms with Gasteiger partial charge in [-0.25, -0.2) is 0 Å². The number of aromatic nitrogens is 2. The molecule has 0 unspecified atom stereocenters. The fourth-order valence-electron chi connectivity index (χ4n) is 1.91. The lowest BCUT2D eigenvalue weighted by molar-refractivity contribution is 0.0844. The zero-order chi connectivity index (χ0) is 16.3. The van der Waals surface area contributed by atoms with Gasteiger partial charge < -0.3 is 0 Å². The molecule has 0 aliphatic heterocycles. The molecule has 0 spiro atoms. The summed E-state index contributed by atoms with van der Waals surface area (Å²) in [5.41, 5.74) is 7.35. The van der Waals surface area contributed by atoms with Crippen LogP contribution >= 0.6 is 0 Å². The van der Waals surface area contributed by atoms with Gasteiger partial charge in [0.2, 0.25) is 0 Å². The van der Waals surface area contributed by atoms with E-state index in [9.17, 15) is 9.59 Å². The number of nitrogens with zero attached hydrogens (tertiary/aromatic N) is 1. The number of carbonyl (C=O) groups excluding carboxylic acids is 2. The predicted octanol–water partition coefficient (Wildman–Crippen LogP) is 2.09. The van der Waals surface area contributed by atoms with E-state index in [1.165, 1.54) is 0 Å². The van der Waals surface area contributed by atoms with E-state index in [0.29, 0.717) is 5.56 Å². The topological polar surface area (TPSA) is 86.9 Å². The van der Waals surface area contributed by atoms with Gasteiger partial charge in [0.1, 0.15) is 0 Å². The normalized spacial score (nSPS) is 11.1. The number of aryl methyl sites for hydroxylation is 1. The second-order valence-electron chi connectivity index (χ2n) is 6.17. The van der Waals surface area contributed by atoms with Gasteiger partial charge in [0, 0.05) is 11.3 Å². The van der Waals surface area contributed by atoms with Crippen LogP contribution in [0.3, 0.4) is 0 Å². The Morgan fingerprint density at radius 3 is 2.14 bits per heavy atom. The van der Waals surface area contributed by atoms with Crippen LogP contribution in [0.4, 0.5) is 0 Å². The number of aromatic amines is 1. The third-order valence-corrected chi connectivity index (χ3v) is 3.24. The fourth-order valence-corrected chi connectivity index (χ4v) is 1.91. The van der Waals surface area contributed by atoms with Crippen LogP contribution in [0.15, 0.2) is 30.3 Å². The fraction of sp³-hybridized carbons (Fsp3) is 0.312. The van der Waals surface area contributed by atoms with Crippen molar-refractivity contribution in [3.63, 3.8) is 0 Å².